The number of nitrogens with two attached hydrogens (primary N) is 1. The Balaban J connectivity index is 0.00000264. The maximum atomic E-state index is 12.2. The number of nitrogens with one attached hydrogen (secondary N) is 2. The van der Waals surface area contributed by atoms with Crippen LogP contribution in [0.4, 0.5) is 0 Å². The Morgan fingerprint density at radius 2 is 2.00 bits per heavy atom. The third-order valence-electron chi connectivity index (χ3n) is 4.04. The molecule has 1 saturated heterocycles. The lowest BCUT2D eigenvalue weighted by molar-refractivity contribution is 0.0922. The number of halogens is 1. The zero-order chi connectivity index (χ0) is 16.2. The van der Waals surface area contributed by atoms with Crippen LogP contribution in [0.2, 0.25) is 0 Å². The first-order valence-electron chi connectivity index (χ1n) is 7.36. The Morgan fingerprint density at radius 1 is 1.35 bits per heavy atom. The van der Waals surface area contributed by atoms with Gasteiger partial charge in [0.15, 0.2) is 0 Å². The van der Waals surface area contributed by atoms with Crippen molar-refractivity contribution in [3.8, 4) is 0 Å². The molecule has 0 bridgehead atoms. The molecule has 0 aliphatic carbocycles. The van der Waals surface area contributed by atoms with E-state index in [9.17, 15) is 13.2 Å². The molecule has 1 heterocycles. The molecule has 0 spiro atoms. The van der Waals surface area contributed by atoms with Crippen LogP contribution in [-0.4, -0.2) is 34.0 Å². The molecule has 130 valence electrons. The highest BCUT2D eigenvalue weighted by Gasteiger charge is 2.27. The first-order valence-corrected chi connectivity index (χ1v) is 9.07. The smallest absolute Gasteiger partial charge is 0.251 e. The topological polar surface area (TPSA) is 101 Å². The molecule has 0 atom stereocenters. The Morgan fingerprint density at radius 3 is 2.61 bits per heavy atom. The second kappa shape index (κ2) is 8.10. The van der Waals surface area contributed by atoms with Crippen molar-refractivity contribution in [3.63, 3.8) is 0 Å². The summed E-state index contributed by atoms with van der Waals surface area (Å²) in [5.41, 5.74) is 1.08. The molecule has 1 aliphatic rings. The van der Waals surface area contributed by atoms with Gasteiger partial charge in [-0.15, -0.1) is 12.4 Å². The number of benzene rings is 1. The monoisotopic (exact) mass is 361 g/mol. The Bertz CT molecular complexity index is 643. The maximum Gasteiger partial charge on any atom is 0.251 e. The van der Waals surface area contributed by atoms with Crippen LogP contribution in [0.5, 0.6) is 0 Å². The molecule has 8 heteroatoms. The van der Waals surface area contributed by atoms with Crippen LogP contribution >= 0.6 is 12.4 Å². The average molecular weight is 362 g/mol. The lowest BCUT2D eigenvalue weighted by Gasteiger charge is -2.34. The molecule has 0 radical (unpaired) electrons. The van der Waals surface area contributed by atoms with Crippen molar-refractivity contribution in [2.24, 2.45) is 10.6 Å². The van der Waals surface area contributed by atoms with Gasteiger partial charge in [0.1, 0.15) is 0 Å². The molecule has 1 fully saturated rings. The van der Waals surface area contributed by atoms with Crippen LogP contribution in [0.1, 0.15) is 35.7 Å². The van der Waals surface area contributed by atoms with Crippen LogP contribution in [-0.2, 0) is 15.8 Å². The molecular formula is C15H24ClN3O3S. The highest BCUT2D eigenvalue weighted by molar-refractivity contribution is 7.88. The van der Waals surface area contributed by atoms with E-state index in [-0.39, 0.29) is 29.5 Å². The molecule has 0 saturated carbocycles. The molecule has 0 unspecified atom stereocenters. The van der Waals surface area contributed by atoms with Crippen molar-refractivity contribution in [1.29, 1.82) is 0 Å². The lowest BCUT2D eigenvalue weighted by Crippen LogP contribution is -2.42. The zero-order valence-corrected chi connectivity index (χ0v) is 14.8. The Labute approximate surface area is 143 Å². The van der Waals surface area contributed by atoms with Crippen molar-refractivity contribution in [2.45, 2.75) is 25.5 Å². The fourth-order valence-electron chi connectivity index (χ4n) is 2.64. The summed E-state index contributed by atoms with van der Waals surface area (Å²) in [5.74, 6) is -0.451. The molecule has 2 rings (SSSR count). The average Bonchev–Trinajstić information content (AvgIpc) is 2.44. The van der Waals surface area contributed by atoms with Crippen LogP contribution in [0.3, 0.4) is 0 Å². The summed E-state index contributed by atoms with van der Waals surface area (Å²) >= 11 is 0. The number of carbonyl (C=O) groups is 1. The van der Waals surface area contributed by atoms with Gasteiger partial charge in [-0.3, -0.25) is 4.79 Å². The maximum absolute atomic E-state index is 12.2. The highest BCUT2D eigenvalue weighted by Crippen LogP contribution is 2.26. The summed E-state index contributed by atoms with van der Waals surface area (Å²) in [5, 5.41) is 11.3. The summed E-state index contributed by atoms with van der Waals surface area (Å²) in [6, 6.07) is 6.56. The zero-order valence-electron chi connectivity index (χ0n) is 13.2. The standard InChI is InChI=1S/C15H23N3O3S.ClH/c1-15(5-7-17-8-6-15)11-18-14(19)13-4-2-3-12(9-13)10-22(16,20)21;/h2-4,9,17H,5-8,10-11H2,1H3,(H,18,19)(H2,16,20,21);1H. The highest BCUT2D eigenvalue weighted by atomic mass is 35.5. The number of sulfonamides is 1. The van der Waals surface area contributed by atoms with Gasteiger partial charge in [-0.05, 0) is 49.0 Å². The van der Waals surface area contributed by atoms with Crippen LogP contribution in [0, 0.1) is 5.41 Å². The number of primary sulfonamides is 1. The molecule has 1 aromatic carbocycles. The van der Waals surface area contributed by atoms with Gasteiger partial charge in [0.05, 0.1) is 5.75 Å². The van der Waals surface area contributed by atoms with Crippen LogP contribution in [0.25, 0.3) is 0 Å². The quantitative estimate of drug-likeness (QED) is 0.728. The van der Waals surface area contributed by atoms with E-state index in [0.29, 0.717) is 17.7 Å². The number of hydrogen-bond acceptors (Lipinski definition) is 4. The van der Waals surface area contributed by atoms with Crippen molar-refractivity contribution in [3.05, 3.63) is 35.4 Å². The predicted octanol–water partition coefficient (Wildman–Crippen LogP) is 1.02. The molecule has 1 amide bonds. The first kappa shape index (κ1) is 19.9. The van der Waals surface area contributed by atoms with E-state index in [1.165, 1.54) is 0 Å². The fraction of sp³-hybridized carbons (Fsp3) is 0.533. The summed E-state index contributed by atoms with van der Waals surface area (Å²) in [6.45, 7) is 4.73. The van der Waals surface area contributed by atoms with Crippen LogP contribution < -0.4 is 15.8 Å². The van der Waals surface area contributed by atoms with Crippen LogP contribution in [0.15, 0.2) is 24.3 Å². The van der Waals surface area contributed by atoms with Gasteiger partial charge < -0.3 is 10.6 Å². The van der Waals surface area contributed by atoms with E-state index in [1.54, 1.807) is 24.3 Å². The van der Waals surface area contributed by atoms with E-state index >= 15 is 0 Å². The Hall–Kier alpha value is -1.15. The second-order valence-corrected chi connectivity index (χ2v) is 7.87. The lowest BCUT2D eigenvalue weighted by atomic mass is 9.81. The van der Waals surface area contributed by atoms with Gasteiger partial charge in [-0.2, -0.15) is 0 Å². The van der Waals surface area contributed by atoms with E-state index in [4.69, 9.17) is 5.14 Å². The minimum atomic E-state index is -3.60. The number of rotatable bonds is 5. The number of hydrogen-bond donors (Lipinski definition) is 3. The number of carbonyl (C=O) groups excluding carboxylic acids is 1. The molecule has 4 N–H and O–H groups in total. The second-order valence-electron chi connectivity index (χ2n) is 6.25. The molecule has 1 aromatic rings. The third kappa shape index (κ3) is 6.47. The molecule has 1 aliphatic heterocycles. The van der Waals surface area contributed by atoms with Crippen molar-refractivity contribution in [2.75, 3.05) is 19.6 Å². The van der Waals surface area contributed by atoms with Crippen molar-refractivity contribution >= 4 is 28.3 Å². The minimum absolute atomic E-state index is 0. The van der Waals surface area contributed by atoms with Crippen molar-refractivity contribution < 1.29 is 13.2 Å². The number of piperidine rings is 1. The fourth-order valence-corrected chi connectivity index (χ4v) is 3.28. The summed E-state index contributed by atoms with van der Waals surface area (Å²) < 4.78 is 22.3. The molecular weight excluding hydrogens is 338 g/mol. The van der Waals surface area contributed by atoms with E-state index in [0.717, 1.165) is 25.9 Å². The molecule has 0 aromatic heterocycles. The molecule has 23 heavy (non-hydrogen) atoms. The summed E-state index contributed by atoms with van der Waals surface area (Å²) in [6.07, 6.45) is 2.05. The van der Waals surface area contributed by atoms with Gasteiger partial charge in [0, 0.05) is 12.1 Å². The van der Waals surface area contributed by atoms with Crippen molar-refractivity contribution in [1.82, 2.24) is 10.6 Å². The van der Waals surface area contributed by atoms with E-state index < -0.39 is 10.0 Å². The van der Waals surface area contributed by atoms with Gasteiger partial charge >= 0.3 is 0 Å². The van der Waals surface area contributed by atoms with Gasteiger partial charge in [0.2, 0.25) is 10.0 Å². The Kier molecular flexibility index (Phi) is 7.01. The van der Waals surface area contributed by atoms with E-state index in [1.807, 2.05) is 0 Å². The largest absolute Gasteiger partial charge is 0.351 e. The first-order chi connectivity index (χ1) is 10.3. The van der Waals surface area contributed by atoms with Gasteiger partial charge in [0.25, 0.3) is 5.91 Å². The minimum Gasteiger partial charge on any atom is -0.351 e. The third-order valence-corrected chi connectivity index (χ3v) is 4.78. The van der Waals surface area contributed by atoms with E-state index in [2.05, 4.69) is 17.6 Å². The predicted molar refractivity (Wildman–Crippen MR) is 93.0 cm³/mol. The normalized spacial score (nSPS) is 17.1. The summed E-state index contributed by atoms with van der Waals surface area (Å²) in [4.78, 5) is 12.2. The molecule has 6 nitrogen and oxygen atoms in total. The number of amides is 1. The SMILES string of the molecule is CC1(CNC(=O)c2cccc(CS(N)(=O)=O)c2)CCNCC1.Cl. The summed E-state index contributed by atoms with van der Waals surface area (Å²) in [7, 11) is -3.60. The van der Waals surface area contributed by atoms with Gasteiger partial charge in [-0.1, -0.05) is 19.1 Å². The van der Waals surface area contributed by atoms with Gasteiger partial charge in [-0.25, -0.2) is 13.6 Å².